The molecule has 1 aromatic carbocycles. The first-order chi connectivity index (χ1) is 12.1. The minimum absolute atomic E-state index is 0.148. The molecule has 1 aromatic heterocycles. The van der Waals surface area contributed by atoms with Gasteiger partial charge >= 0.3 is 0 Å². The Morgan fingerprint density at radius 3 is 2.80 bits per heavy atom. The number of benzene rings is 1. The van der Waals surface area contributed by atoms with Gasteiger partial charge in [0.25, 0.3) is 0 Å². The molecule has 2 aromatic rings. The van der Waals surface area contributed by atoms with Gasteiger partial charge in [-0.05, 0) is 50.6 Å². The van der Waals surface area contributed by atoms with E-state index < -0.39 is 10.0 Å². The van der Waals surface area contributed by atoms with Crippen LogP contribution in [0.4, 0.5) is 0 Å². The van der Waals surface area contributed by atoms with E-state index >= 15 is 0 Å². The van der Waals surface area contributed by atoms with Crippen LogP contribution in [0.5, 0.6) is 0 Å². The molecule has 8 heteroatoms. The minimum Gasteiger partial charge on any atom is -0.300 e. The van der Waals surface area contributed by atoms with E-state index in [9.17, 15) is 8.42 Å². The topological polar surface area (TPSA) is 53.5 Å². The molecule has 3 aliphatic rings. The van der Waals surface area contributed by atoms with Crippen molar-refractivity contribution in [2.75, 3.05) is 31.9 Å². The SMILES string of the molecule is O=S(=O)(c1ccc2ncsc2c1)N1CC2(CC(N3CCCC3)CS2)C1. The van der Waals surface area contributed by atoms with E-state index in [1.807, 2.05) is 17.8 Å². The lowest BCUT2D eigenvalue weighted by molar-refractivity contribution is 0.179. The van der Waals surface area contributed by atoms with Gasteiger partial charge in [-0.1, -0.05) is 0 Å². The van der Waals surface area contributed by atoms with Gasteiger partial charge in [0.15, 0.2) is 0 Å². The van der Waals surface area contributed by atoms with Crippen LogP contribution < -0.4 is 0 Å². The normalized spacial score (nSPS) is 27.3. The lowest BCUT2D eigenvalue weighted by atomic mass is 9.94. The van der Waals surface area contributed by atoms with E-state index in [-0.39, 0.29) is 4.75 Å². The van der Waals surface area contributed by atoms with Crippen molar-refractivity contribution in [3.8, 4) is 0 Å². The van der Waals surface area contributed by atoms with Gasteiger partial charge in [0, 0.05) is 29.6 Å². The quantitative estimate of drug-likeness (QED) is 0.800. The maximum absolute atomic E-state index is 12.9. The molecule has 5 rings (SSSR count). The van der Waals surface area contributed by atoms with Crippen LogP contribution in [0.2, 0.25) is 0 Å². The molecule has 0 N–H and O–H groups in total. The predicted octanol–water partition coefficient (Wildman–Crippen LogP) is 2.64. The Bertz CT molecular complexity index is 899. The van der Waals surface area contributed by atoms with Crippen LogP contribution in [0.1, 0.15) is 19.3 Å². The first-order valence-corrected chi connectivity index (χ1v) is 12.1. The monoisotopic (exact) mass is 395 g/mol. The third kappa shape index (κ3) is 2.73. The van der Waals surface area contributed by atoms with Crippen LogP contribution in [-0.4, -0.2) is 65.3 Å². The van der Waals surface area contributed by atoms with Crippen LogP contribution in [0.3, 0.4) is 0 Å². The Kier molecular flexibility index (Phi) is 3.91. The summed E-state index contributed by atoms with van der Waals surface area (Å²) < 4.78 is 28.6. The zero-order valence-electron chi connectivity index (χ0n) is 13.9. The fourth-order valence-corrected chi connectivity index (χ4v) is 8.57. The van der Waals surface area contributed by atoms with Crippen LogP contribution in [0.15, 0.2) is 28.6 Å². The Balaban J connectivity index is 1.30. The van der Waals surface area contributed by atoms with Gasteiger partial charge in [0.1, 0.15) is 0 Å². The van der Waals surface area contributed by atoms with E-state index in [1.165, 1.54) is 37.3 Å². The molecule has 3 fully saturated rings. The van der Waals surface area contributed by atoms with E-state index in [2.05, 4.69) is 9.88 Å². The van der Waals surface area contributed by atoms with E-state index in [4.69, 9.17) is 0 Å². The van der Waals surface area contributed by atoms with Gasteiger partial charge in [0.05, 0.1) is 20.6 Å². The third-order valence-electron chi connectivity index (χ3n) is 5.72. The molecular weight excluding hydrogens is 374 g/mol. The molecular formula is C17H21N3O2S3. The standard InChI is InChI=1S/C17H21N3O2S3/c21-25(22,14-3-4-15-16(7-14)23-12-18-15)20-10-17(11-20)8-13(9-24-17)19-5-1-2-6-19/h3-4,7,12-13H,1-2,5-6,8-11H2. The van der Waals surface area contributed by atoms with Gasteiger partial charge in [-0.25, -0.2) is 13.4 Å². The molecule has 3 aliphatic heterocycles. The third-order valence-corrected chi connectivity index (χ3v) is 9.88. The molecule has 134 valence electrons. The molecule has 1 unspecified atom stereocenters. The molecule has 0 saturated carbocycles. The fourth-order valence-electron chi connectivity index (χ4n) is 4.29. The van der Waals surface area contributed by atoms with Crippen molar-refractivity contribution >= 4 is 43.3 Å². The zero-order valence-corrected chi connectivity index (χ0v) is 16.4. The molecule has 0 bridgehead atoms. The highest BCUT2D eigenvalue weighted by atomic mass is 32.2. The molecule has 0 amide bonds. The average Bonchev–Trinajstić information content (AvgIpc) is 3.30. The van der Waals surface area contributed by atoms with Crippen molar-refractivity contribution in [3.05, 3.63) is 23.7 Å². The Morgan fingerprint density at radius 1 is 1.20 bits per heavy atom. The molecule has 1 spiro atoms. The van der Waals surface area contributed by atoms with Gasteiger partial charge in [0.2, 0.25) is 10.0 Å². The second kappa shape index (κ2) is 5.92. The van der Waals surface area contributed by atoms with Gasteiger partial charge in [-0.3, -0.25) is 4.90 Å². The van der Waals surface area contributed by atoms with Crippen molar-refractivity contribution < 1.29 is 8.42 Å². The minimum atomic E-state index is -3.39. The first kappa shape index (κ1) is 16.5. The van der Waals surface area contributed by atoms with Gasteiger partial charge < -0.3 is 0 Å². The number of nitrogens with zero attached hydrogens (tertiary/aromatic N) is 3. The summed E-state index contributed by atoms with van der Waals surface area (Å²) in [6.45, 7) is 3.76. The average molecular weight is 396 g/mol. The van der Waals surface area contributed by atoms with Crippen LogP contribution >= 0.6 is 23.1 Å². The summed E-state index contributed by atoms with van der Waals surface area (Å²) in [5.74, 6) is 1.15. The number of likely N-dealkylation sites (tertiary alicyclic amines) is 1. The predicted molar refractivity (Wildman–Crippen MR) is 103 cm³/mol. The highest BCUT2D eigenvalue weighted by Gasteiger charge is 2.53. The van der Waals surface area contributed by atoms with Crippen molar-refractivity contribution in [2.45, 2.75) is 34.9 Å². The second-order valence-corrected chi connectivity index (χ2v) is 11.7. The molecule has 0 radical (unpaired) electrons. The Labute approximate surface area is 156 Å². The number of hydrogen-bond donors (Lipinski definition) is 0. The van der Waals surface area contributed by atoms with Crippen LogP contribution in [-0.2, 0) is 10.0 Å². The summed E-state index contributed by atoms with van der Waals surface area (Å²) in [6, 6.07) is 5.91. The first-order valence-electron chi connectivity index (χ1n) is 8.77. The Hall–Kier alpha value is -0.670. The molecule has 1 atom stereocenters. The molecule has 5 nitrogen and oxygen atoms in total. The molecule has 25 heavy (non-hydrogen) atoms. The molecule has 3 saturated heterocycles. The maximum atomic E-state index is 12.9. The number of thiazole rings is 1. The summed E-state index contributed by atoms with van der Waals surface area (Å²) in [5, 5.41) is 0. The second-order valence-electron chi connectivity index (χ2n) is 7.35. The number of hydrogen-bond acceptors (Lipinski definition) is 6. The summed E-state index contributed by atoms with van der Waals surface area (Å²) in [4.78, 5) is 7.24. The largest absolute Gasteiger partial charge is 0.300 e. The van der Waals surface area contributed by atoms with Crippen molar-refractivity contribution in [3.63, 3.8) is 0 Å². The van der Waals surface area contributed by atoms with Gasteiger partial charge in [-0.2, -0.15) is 16.1 Å². The lowest BCUT2D eigenvalue weighted by Gasteiger charge is -2.46. The van der Waals surface area contributed by atoms with Crippen molar-refractivity contribution in [1.82, 2.24) is 14.2 Å². The summed E-state index contributed by atoms with van der Waals surface area (Å²) in [7, 11) is -3.39. The van der Waals surface area contributed by atoms with Gasteiger partial charge in [-0.15, -0.1) is 11.3 Å². The summed E-state index contributed by atoms with van der Waals surface area (Å²) >= 11 is 3.47. The number of rotatable bonds is 3. The number of fused-ring (bicyclic) bond motifs is 1. The maximum Gasteiger partial charge on any atom is 0.243 e. The zero-order chi connectivity index (χ0) is 17.1. The number of aromatic nitrogens is 1. The smallest absolute Gasteiger partial charge is 0.243 e. The van der Waals surface area contributed by atoms with Crippen molar-refractivity contribution in [1.29, 1.82) is 0 Å². The summed E-state index contributed by atoms with van der Waals surface area (Å²) in [5.41, 5.74) is 2.62. The van der Waals surface area contributed by atoms with Crippen LogP contribution in [0.25, 0.3) is 10.2 Å². The van der Waals surface area contributed by atoms with Crippen molar-refractivity contribution in [2.24, 2.45) is 0 Å². The highest BCUT2D eigenvalue weighted by molar-refractivity contribution is 8.01. The summed E-state index contributed by atoms with van der Waals surface area (Å²) in [6.07, 6.45) is 3.76. The van der Waals surface area contributed by atoms with E-state index in [0.29, 0.717) is 24.0 Å². The van der Waals surface area contributed by atoms with E-state index in [0.717, 1.165) is 22.4 Å². The number of sulfonamides is 1. The molecule has 4 heterocycles. The number of thioether (sulfide) groups is 1. The fraction of sp³-hybridized carbons (Fsp3) is 0.588. The highest BCUT2D eigenvalue weighted by Crippen LogP contribution is 2.48. The van der Waals surface area contributed by atoms with E-state index in [1.54, 1.807) is 21.9 Å². The molecule has 0 aliphatic carbocycles. The van der Waals surface area contributed by atoms with Crippen LogP contribution in [0, 0.1) is 0 Å². The Morgan fingerprint density at radius 2 is 2.00 bits per heavy atom. The lowest BCUT2D eigenvalue weighted by Crippen LogP contribution is -2.60.